The summed E-state index contributed by atoms with van der Waals surface area (Å²) in [5, 5.41) is 8.60. The van der Waals surface area contributed by atoms with Crippen molar-refractivity contribution in [1.29, 1.82) is 0 Å². The predicted molar refractivity (Wildman–Crippen MR) is 142 cm³/mol. The number of nitrogens with one attached hydrogen (secondary N) is 1. The van der Waals surface area contributed by atoms with Gasteiger partial charge in [0.25, 0.3) is 0 Å². The molecule has 0 bridgehead atoms. The first-order valence-electron chi connectivity index (χ1n) is 11.3. The number of pyridine rings is 1. The summed E-state index contributed by atoms with van der Waals surface area (Å²) in [6.07, 6.45) is 3.07. The third-order valence-electron chi connectivity index (χ3n) is 6.04. The zero-order valence-electron chi connectivity index (χ0n) is 19.8. The van der Waals surface area contributed by atoms with Gasteiger partial charge in [0.05, 0.1) is 22.3 Å². The van der Waals surface area contributed by atoms with E-state index in [1.807, 2.05) is 24.6 Å². The van der Waals surface area contributed by atoms with Crippen LogP contribution in [0, 0.1) is 19.3 Å². The van der Waals surface area contributed by atoms with Crippen LogP contribution >= 0.6 is 11.3 Å². The van der Waals surface area contributed by atoms with Gasteiger partial charge in [-0.3, -0.25) is 4.98 Å². The van der Waals surface area contributed by atoms with Crippen LogP contribution < -0.4 is 5.32 Å². The average Bonchev–Trinajstić information content (AvgIpc) is 3.11. The largest absolute Gasteiger partial charge is 0.386 e. The number of thiophene rings is 1. The van der Waals surface area contributed by atoms with E-state index < -0.39 is 0 Å². The summed E-state index contributed by atoms with van der Waals surface area (Å²) < 4.78 is 2.60. The average molecular weight is 439 g/mol. The second-order valence-electron chi connectivity index (χ2n) is 10.2. The first-order valence-corrected chi connectivity index (χ1v) is 12.1. The number of hydrogen-bond donors (Lipinski definition) is 1. The van der Waals surface area contributed by atoms with E-state index in [1.165, 1.54) is 53.2 Å². The van der Waals surface area contributed by atoms with Gasteiger partial charge in [0.15, 0.2) is 0 Å². The van der Waals surface area contributed by atoms with Gasteiger partial charge in [0.1, 0.15) is 0 Å². The molecule has 0 aliphatic rings. The lowest BCUT2D eigenvalue weighted by molar-refractivity contribution is 0.411. The standard InChI is InChI=1S/C29H30N2S/c1-17-11-18(2)13-21(12-17)26-28-25(24(30-6)16-31-26)23-10-8-20-14-19(15-29(3,4)5)7-9-22(20)27(23)32-28/h7-14,16,30H,15H2,1-6H3. The van der Waals surface area contributed by atoms with Crippen LogP contribution in [0.15, 0.2) is 54.7 Å². The molecule has 32 heavy (non-hydrogen) atoms. The zero-order valence-corrected chi connectivity index (χ0v) is 20.6. The fourth-order valence-electron chi connectivity index (χ4n) is 4.85. The lowest BCUT2D eigenvalue weighted by Gasteiger charge is -2.18. The van der Waals surface area contributed by atoms with Crippen molar-refractivity contribution in [1.82, 2.24) is 4.98 Å². The van der Waals surface area contributed by atoms with E-state index in [0.29, 0.717) is 0 Å². The minimum Gasteiger partial charge on any atom is -0.386 e. The molecule has 3 heteroatoms. The molecule has 0 spiro atoms. The predicted octanol–water partition coefficient (Wildman–Crippen LogP) is 8.52. The van der Waals surface area contributed by atoms with Crippen LogP contribution in [0.4, 0.5) is 5.69 Å². The van der Waals surface area contributed by atoms with Crippen molar-refractivity contribution < 1.29 is 0 Å². The molecule has 0 atom stereocenters. The molecule has 0 saturated carbocycles. The summed E-state index contributed by atoms with van der Waals surface area (Å²) in [4.78, 5) is 4.91. The maximum Gasteiger partial charge on any atom is 0.0882 e. The Hall–Kier alpha value is -2.91. The van der Waals surface area contributed by atoms with E-state index in [1.54, 1.807) is 0 Å². The second kappa shape index (κ2) is 7.60. The van der Waals surface area contributed by atoms with Gasteiger partial charge in [-0.1, -0.05) is 68.3 Å². The topological polar surface area (TPSA) is 24.9 Å². The van der Waals surface area contributed by atoms with E-state index in [0.717, 1.165) is 17.8 Å². The number of aromatic nitrogens is 1. The number of fused-ring (bicyclic) bond motifs is 5. The van der Waals surface area contributed by atoms with E-state index in [2.05, 4.69) is 88.5 Å². The molecular weight excluding hydrogens is 408 g/mol. The monoisotopic (exact) mass is 438 g/mol. The third kappa shape index (κ3) is 3.65. The van der Waals surface area contributed by atoms with Gasteiger partial charge in [-0.2, -0.15) is 0 Å². The van der Waals surface area contributed by atoms with Gasteiger partial charge in [0, 0.05) is 28.1 Å². The Kier molecular flexibility index (Phi) is 4.98. The zero-order chi connectivity index (χ0) is 22.6. The minimum atomic E-state index is 0.281. The fourth-order valence-corrected chi connectivity index (χ4v) is 6.22. The summed E-state index contributed by atoms with van der Waals surface area (Å²) >= 11 is 1.87. The van der Waals surface area contributed by atoms with Gasteiger partial charge in [-0.25, -0.2) is 0 Å². The van der Waals surface area contributed by atoms with Crippen molar-refractivity contribution in [3.05, 3.63) is 71.4 Å². The van der Waals surface area contributed by atoms with Gasteiger partial charge in [0.2, 0.25) is 0 Å². The van der Waals surface area contributed by atoms with Crippen LogP contribution in [0.3, 0.4) is 0 Å². The molecule has 2 nitrogen and oxygen atoms in total. The quantitative estimate of drug-likeness (QED) is 0.305. The molecule has 2 heterocycles. The molecule has 0 saturated heterocycles. The molecule has 2 aromatic heterocycles. The number of hydrogen-bond acceptors (Lipinski definition) is 3. The maximum absolute atomic E-state index is 4.91. The van der Waals surface area contributed by atoms with Crippen LogP contribution in [-0.4, -0.2) is 12.0 Å². The molecule has 162 valence electrons. The highest BCUT2D eigenvalue weighted by Gasteiger charge is 2.18. The van der Waals surface area contributed by atoms with E-state index in [9.17, 15) is 0 Å². The van der Waals surface area contributed by atoms with E-state index in [-0.39, 0.29) is 5.41 Å². The number of aryl methyl sites for hydroxylation is 2. The molecule has 0 fully saturated rings. The third-order valence-corrected chi connectivity index (χ3v) is 7.29. The number of rotatable bonds is 3. The van der Waals surface area contributed by atoms with Crippen molar-refractivity contribution >= 4 is 48.0 Å². The fraction of sp³-hybridized carbons (Fsp3) is 0.276. The molecule has 3 aromatic carbocycles. The van der Waals surface area contributed by atoms with Crippen molar-refractivity contribution in [3.8, 4) is 11.3 Å². The van der Waals surface area contributed by atoms with Gasteiger partial charge in [-0.15, -0.1) is 11.3 Å². The van der Waals surface area contributed by atoms with Crippen molar-refractivity contribution in [2.24, 2.45) is 5.41 Å². The molecule has 0 aliphatic heterocycles. The van der Waals surface area contributed by atoms with Crippen molar-refractivity contribution in [2.45, 2.75) is 41.0 Å². The van der Waals surface area contributed by atoms with Crippen molar-refractivity contribution in [3.63, 3.8) is 0 Å². The lowest BCUT2D eigenvalue weighted by Crippen LogP contribution is -2.08. The molecule has 0 unspecified atom stereocenters. The SMILES string of the molecule is CNc1cnc(-c2cc(C)cc(C)c2)c2sc3c4ccc(CC(C)(C)C)cc4ccc3c12. The molecule has 0 radical (unpaired) electrons. The summed E-state index contributed by atoms with van der Waals surface area (Å²) in [5.74, 6) is 0. The smallest absolute Gasteiger partial charge is 0.0882 e. The summed E-state index contributed by atoms with van der Waals surface area (Å²) in [5.41, 5.74) is 7.57. The molecule has 1 N–H and O–H groups in total. The van der Waals surface area contributed by atoms with Gasteiger partial charge < -0.3 is 5.32 Å². The normalized spacial score (nSPS) is 12.2. The van der Waals surface area contributed by atoms with Crippen molar-refractivity contribution in [2.75, 3.05) is 12.4 Å². The van der Waals surface area contributed by atoms with Gasteiger partial charge >= 0.3 is 0 Å². The Morgan fingerprint density at radius 2 is 1.59 bits per heavy atom. The summed E-state index contributed by atoms with van der Waals surface area (Å²) in [7, 11) is 1.98. The molecule has 0 amide bonds. The number of nitrogens with zero attached hydrogens (tertiary/aromatic N) is 1. The highest BCUT2D eigenvalue weighted by atomic mass is 32.1. The lowest BCUT2D eigenvalue weighted by atomic mass is 9.87. The molecular formula is C29H30N2S. The highest BCUT2D eigenvalue weighted by molar-refractivity contribution is 7.27. The van der Waals surface area contributed by atoms with Crippen LogP contribution in [0.2, 0.25) is 0 Å². The minimum absolute atomic E-state index is 0.281. The van der Waals surface area contributed by atoms with E-state index >= 15 is 0 Å². The second-order valence-corrected chi connectivity index (χ2v) is 11.2. The van der Waals surface area contributed by atoms with Crippen LogP contribution in [0.25, 0.3) is 42.2 Å². The molecule has 5 rings (SSSR count). The number of benzene rings is 3. The summed E-state index contributed by atoms with van der Waals surface area (Å²) in [6, 6.07) is 18.3. The highest BCUT2D eigenvalue weighted by Crippen LogP contribution is 2.45. The Bertz CT molecular complexity index is 1460. The van der Waals surface area contributed by atoms with Crippen LogP contribution in [-0.2, 0) is 6.42 Å². The summed E-state index contributed by atoms with van der Waals surface area (Å²) in [6.45, 7) is 11.2. The Balaban J connectivity index is 1.80. The Morgan fingerprint density at radius 1 is 0.875 bits per heavy atom. The Labute approximate surface area is 194 Å². The molecule has 0 aliphatic carbocycles. The van der Waals surface area contributed by atoms with Crippen LogP contribution in [0.5, 0.6) is 0 Å². The van der Waals surface area contributed by atoms with Gasteiger partial charge in [-0.05, 0) is 54.2 Å². The first-order chi connectivity index (χ1) is 15.2. The molecule has 5 aromatic rings. The Morgan fingerprint density at radius 3 is 2.28 bits per heavy atom. The number of anilines is 1. The first kappa shape index (κ1) is 21.0. The maximum atomic E-state index is 4.91. The van der Waals surface area contributed by atoms with E-state index in [4.69, 9.17) is 4.98 Å². The van der Waals surface area contributed by atoms with Crippen LogP contribution in [0.1, 0.15) is 37.5 Å².